The van der Waals surface area contributed by atoms with Gasteiger partial charge in [0, 0.05) is 12.8 Å². The molecule has 4 heteroatoms. The second-order valence-corrected chi connectivity index (χ2v) is 10.4. The average molecular weight is 509 g/mol. The van der Waals surface area contributed by atoms with Crippen LogP contribution in [0, 0.1) is 0 Å². The summed E-state index contributed by atoms with van der Waals surface area (Å²) in [4.78, 5) is 23.3. The highest BCUT2D eigenvalue weighted by molar-refractivity contribution is 5.69. The summed E-state index contributed by atoms with van der Waals surface area (Å²) in [6, 6.07) is 0. The lowest BCUT2D eigenvalue weighted by atomic mass is 10.1. The molecule has 0 bridgehead atoms. The first-order chi connectivity index (χ1) is 17.7. The van der Waals surface area contributed by atoms with Gasteiger partial charge in [0.2, 0.25) is 0 Å². The van der Waals surface area contributed by atoms with Crippen molar-refractivity contribution in [1.82, 2.24) is 0 Å². The van der Waals surface area contributed by atoms with Gasteiger partial charge in [-0.2, -0.15) is 0 Å². The topological polar surface area (TPSA) is 52.6 Å². The Morgan fingerprint density at radius 2 is 0.778 bits per heavy atom. The van der Waals surface area contributed by atoms with Gasteiger partial charge >= 0.3 is 11.9 Å². The van der Waals surface area contributed by atoms with Crippen LogP contribution in [0.2, 0.25) is 0 Å². The molecule has 0 aromatic heterocycles. The SMILES string of the molecule is CCCCCCOC(=O)CCCCCCC/C=C/CCCCCCCCCC(=O)OCCCCCC. The van der Waals surface area contributed by atoms with E-state index in [0.717, 1.165) is 38.5 Å². The maximum Gasteiger partial charge on any atom is 0.305 e. The average Bonchev–Trinajstić information content (AvgIpc) is 2.87. The quantitative estimate of drug-likeness (QED) is 0.0599. The highest BCUT2D eigenvalue weighted by Crippen LogP contribution is 2.12. The lowest BCUT2D eigenvalue weighted by Gasteiger charge is -2.05. The minimum Gasteiger partial charge on any atom is -0.466 e. The van der Waals surface area contributed by atoms with Crippen molar-refractivity contribution in [1.29, 1.82) is 0 Å². The van der Waals surface area contributed by atoms with Crippen LogP contribution < -0.4 is 0 Å². The maximum atomic E-state index is 11.7. The maximum absolute atomic E-state index is 11.7. The third-order valence-electron chi connectivity index (χ3n) is 6.69. The molecule has 0 unspecified atom stereocenters. The van der Waals surface area contributed by atoms with Crippen LogP contribution >= 0.6 is 0 Å². The fraction of sp³-hybridized carbons (Fsp3) is 0.875. The third kappa shape index (κ3) is 28.9. The van der Waals surface area contributed by atoms with E-state index < -0.39 is 0 Å². The van der Waals surface area contributed by atoms with E-state index >= 15 is 0 Å². The van der Waals surface area contributed by atoms with Crippen molar-refractivity contribution in [2.45, 2.75) is 168 Å². The van der Waals surface area contributed by atoms with Gasteiger partial charge in [-0.1, -0.05) is 116 Å². The van der Waals surface area contributed by atoms with Crippen molar-refractivity contribution in [3.05, 3.63) is 12.2 Å². The van der Waals surface area contributed by atoms with Crippen molar-refractivity contribution >= 4 is 11.9 Å². The largest absolute Gasteiger partial charge is 0.466 e. The van der Waals surface area contributed by atoms with Gasteiger partial charge in [0.1, 0.15) is 0 Å². The Kier molecular flexibility index (Phi) is 28.8. The lowest BCUT2D eigenvalue weighted by Crippen LogP contribution is -2.05. The Balaban J connectivity index is 3.24. The van der Waals surface area contributed by atoms with Gasteiger partial charge in [-0.3, -0.25) is 9.59 Å². The molecule has 0 saturated carbocycles. The number of carbonyl (C=O) groups is 2. The van der Waals surface area contributed by atoms with Crippen LogP contribution in [0.4, 0.5) is 0 Å². The zero-order valence-electron chi connectivity index (χ0n) is 24.2. The zero-order chi connectivity index (χ0) is 26.4. The Morgan fingerprint density at radius 1 is 0.444 bits per heavy atom. The second-order valence-electron chi connectivity index (χ2n) is 10.4. The van der Waals surface area contributed by atoms with E-state index in [2.05, 4.69) is 26.0 Å². The van der Waals surface area contributed by atoms with Crippen molar-refractivity contribution in [2.75, 3.05) is 13.2 Å². The number of rotatable bonds is 28. The van der Waals surface area contributed by atoms with Gasteiger partial charge in [0.05, 0.1) is 13.2 Å². The van der Waals surface area contributed by atoms with Crippen LogP contribution in [-0.4, -0.2) is 25.2 Å². The molecule has 0 heterocycles. The summed E-state index contributed by atoms with van der Waals surface area (Å²) in [6.07, 6.45) is 31.9. The van der Waals surface area contributed by atoms with Gasteiger partial charge in [0.15, 0.2) is 0 Å². The van der Waals surface area contributed by atoms with Gasteiger partial charge in [-0.05, 0) is 51.4 Å². The van der Waals surface area contributed by atoms with Gasteiger partial charge in [0.25, 0.3) is 0 Å². The van der Waals surface area contributed by atoms with Gasteiger partial charge in [-0.25, -0.2) is 0 Å². The summed E-state index contributed by atoms with van der Waals surface area (Å²) in [7, 11) is 0. The molecule has 0 N–H and O–H groups in total. The van der Waals surface area contributed by atoms with E-state index in [4.69, 9.17) is 9.47 Å². The van der Waals surface area contributed by atoms with E-state index in [9.17, 15) is 9.59 Å². The van der Waals surface area contributed by atoms with E-state index in [1.165, 1.54) is 103 Å². The number of hydrogen-bond donors (Lipinski definition) is 0. The number of esters is 2. The monoisotopic (exact) mass is 508 g/mol. The Labute approximate surface area is 224 Å². The smallest absolute Gasteiger partial charge is 0.305 e. The molecular formula is C32H60O4. The molecule has 0 fully saturated rings. The molecule has 36 heavy (non-hydrogen) atoms. The molecule has 4 nitrogen and oxygen atoms in total. The molecule has 0 atom stereocenters. The number of hydrogen-bond acceptors (Lipinski definition) is 4. The predicted molar refractivity (Wildman–Crippen MR) is 153 cm³/mol. The second kappa shape index (κ2) is 29.9. The zero-order valence-corrected chi connectivity index (χ0v) is 24.2. The first-order valence-electron chi connectivity index (χ1n) is 15.7. The van der Waals surface area contributed by atoms with Gasteiger partial charge < -0.3 is 9.47 Å². The molecule has 0 aliphatic heterocycles. The normalized spacial score (nSPS) is 11.3. The molecule has 0 aliphatic carbocycles. The summed E-state index contributed by atoms with van der Waals surface area (Å²) >= 11 is 0. The Hall–Kier alpha value is -1.32. The molecule has 0 aromatic rings. The van der Waals surface area contributed by atoms with Crippen LogP contribution in [0.3, 0.4) is 0 Å². The van der Waals surface area contributed by atoms with Gasteiger partial charge in [-0.15, -0.1) is 0 Å². The lowest BCUT2D eigenvalue weighted by molar-refractivity contribution is -0.144. The molecule has 0 amide bonds. The van der Waals surface area contributed by atoms with E-state index in [-0.39, 0.29) is 11.9 Å². The molecule has 0 rings (SSSR count). The van der Waals surface area contributed by atoms with Crippen LogP contribution in [0.15, 0.2) is 12.2 Å². The summed E-state index contributed by atoms with van der Waals surface area (Å²) in [5, 5.41) is 0. The minimum atomic E-state index is -0.0141. The molecule has 212 valence electrons. The van der Waals surface area contributed by atoms with Crippen LogP contribution in [-0.2, 0) is 19.1 Å². The van der Waals surface area contributed by atoms with E-state index in [1.807, 2.05) is 0 Å². The molecule has 0 spiro atoms. The first-order valence-corrected chi connectivity index (χ1v) is 15.7. The van der Waals surface area contributed by atoms with Crippen molar-refractivity contribution in [3.8, 4) is 0 Å². The summed E-state index contributed by atoms with van der Waals surface area (Å²) in [6.45, 7) is 5.58. The van der Waals surface area contributed by atoms with E-state index in [0.29, 0.717) is 26.1 Å². The summed E-state index contributed by atoms with van der Waals surface area (Å²) in [5.41, 5.74) is 0. The summed E-state index contributed by atoms with van der Waals surface area (Å²) in [5.74, 6) is -0.0245. The molecule has 0 aromatic carbocycles. The van der Waals surface area contributed by atoms with Crippen LogP contribution in [0.25, 0.3) is 0 Å². The molecule has 0 radical (unpaired) electrons. The number of allylic oxidation sites excluding steroid dienone is 2. The Morgan fingerprint density at radius 3 is 1.17 bits per heavy atom. The fourth-order valence-electron chi connectivity index (χ4n) is 4.29. The molecule has 0 aliphatic rings. The van der Waals surface area contributed by atoms with Crippen molar-refractivity contribution < 1.29 is 19.1 Å². The Bertz CT molecular complexity index is 500. The van der Waals surface area contributed by atoms with Crippen molar-refractivity contribution in [2.24, 2.45) is 0 Å². The fourth-order valence-corrected chi connectivity index (χ4v) is 4.29. The standard InChI is InChI=1S/C32H60O4/c1-3-5-7-25-29-35-31(33)27-23-21-19-17-15-13-11-9-10-12-14-16-18-20-22-24-28-32(34)36-30-26-8-6-4-2/h9,11H,3-8,10,12-30H2,1-2H3/b11-9+. The highest BCUT2D eigenvalue weighted by Gasteiger charge is 2.03. The number of carbonyl (C=O) groups excluding carboxylic acids is 2. The number of ether oxygens (including phenoxy) is 2. The number of unbranched alkanes of at least 4 members (excludes halogenated alkanes) is 18. The molecular weight excluding hydrogens is 448 g/mol. The third-order valence-corrected chi connectivity index (χ3v) is 6.69. The predicted octanol–water partition coefficient (Wildman–Crippen LogP) is 10.0. The summed E-state index contributed by atoms with van der Waals surface area (Å²) < 4.78 is 10.6. The van der Waals surface area contributed by atoms with E-state index in [1.54, 1.807) is 0 Å². The first kappa shape index (κ1) is 34.7. The highest BCUT2D eigenvalue weighted by atomic mass is 16.5. The van der Waals surface area contributed by atoms with Crippen molar-refractivity contribution in [3.63, 3.8) is 0 Å². The van der Waals surface area contributed by atoms with Crippen LogP contribution in [0.1, 0.15) is 168 Å². The molecule has 0 saturated heterocycles. The minimum absolute atomic E-state index is 0.0105. The van der Waals surface area contributed by atoms with Crippen LogP contribution in [0.5, 0.6) is 0 Å².